The number of aromatic nitrogens is 2. The van der Waals surface area contributed by atoms with Crippen molar-refractivity contribution in [3.63, 3.8) is 0 Å². The van der Waals surface area contributed by atoms with Gasteiger partial charge in [0.25, 0.3) is 5.56 Å². The molecule has 0 aliphatic heterocycles. The summed E-state index contributed by atoms with van der Waals surface area (Å²) in [6, 6.07) is 6.18. The number of nitrogens with zero attached hydrogens (tertiary/aromatic N) is 2. The summed E-state index contributed by atoms with van der Waals surface area (Å²) in [5.41, 5.74) is 0.506. The quantitative estimate of drug-likeness (QED) is 0.721. The Morgan fingerprint density at radius 2 is 1.94 bits per heavy atom. The number of benzene rings is 1. The van der Waals surface area contributed by atoms with Gasteiger partial charge >= 0.3 is 5.97 Å². The number of aromatic carboxylic acids is 1. The minimum atomic E-state index is -1.09. The number of nitrogens with one attached hydrogen (secondary N) is 2. The Labute approximate surface area is 101 Å². The molecule has 0 saturated heterocycles. The zero-order valence-electron chi connectivity index (χ0n) is 9.47. The lowest BCUT2D eigenvalue weighted by atomic mass is 10.2. The molecule has 2 aromatic rings. The molecule has 0 amide bonds. The van der Waals surface area contributed by atoms with Gasteiger partial charge in [-0.05, 0) is 19.1 Å². The zero-order valence-corrected chi connectivity index (χ0v) is 9.47. The number of carboxylic acid groups (broad SMARTS) is 1. The summed E-state index contributed by atoms with van der Waals surface area (Å²) in [6.07, 6.45) is 0. The summed E-state index contributed by atoms with van der Waals surface area (Å²) < 4.78 is 0. The van der Waals surface area contributed by atoms with Crippen LogP contribution in [0.3, 0.4) is 0 Å². The molecule has 7 nitrogen and oxygen atoms in total. The Kier molecular flexibility index (Phi) is 3.05. The molecule has 0 bridgehead atoms. The Balaban J connectivity index is 2.41. The lowest BCUT2D eigenvalue weighted by molar-refractivity contribution is 0.0698. The van der Waals surface area contributed by atoms with Crippen LogP contribution in [0.1, 0.15) is 16.1 Å². The van der Waals surface area contributed by atoms with Crippen LogP contribution in [0, 0.1) is 6.92 Å². The highest BCUT2D eigenvalue weighted by Gasteiger charge is 2.09. The summed E-state index contributed by atoms with van der Waals surface area (Å²) in [6.45, 7) is 1.66. The van der Waals surface area contributed by atoms with Gasteiger partial charge in [0.1, 0.15) is 5.69 Å². The summed E-state index contributed by atoms with van der Waals surface area (Å²) in [5, 5.41) is 21.5. The van der Waals surface area contributed by atoms with Gasteiger partial charge in [0.05, 0.1) is 11.3 Å². The molecule has 0 aliphatic rings. The van der Waals surface area contributed by atoms with Crippen molar-refractivity contribution in [2.24, 2.45) is 10.2 Å². The van der Waals surface area contributed by atoms with E-state index < -0.39 is 11.5 Å². The highest BCUT2D eigenvalue weighted by molar-refractivity contribution is 5.93. The van der Waals surface area contributed by atoms with Crippen molar-refractivity contribution >= 4 is 17.3 Å². The first-order valence-corrected chi connectivity index (χ1v) is 5.11. The first-order chi connectivity index (χ1) is 8.59. The van der Waals surface area contributed by atoms with E-state index in [0.717, 1.165) is 0 Å². The molecular weight excluding hydrogens is 236 g/mol. The maximum atomic E-state index is 11.3. The van der Waals surface area contributed by atoms with E-state index in [-0.39, 0.29) is 16.9 Å². The number of H-pyrrole nitrogens is 2. The van der Waals surface area contributed by atoms with Crippen molar-refractivity contribution in [1.82, 2.24) is 10.2 Å². The lowest BCUT2D eigenvalue weighted by Crippen LogP contribution is -1.97. The Bertz CT molecular complexity index is 669. The normalized spacial score (nSPS) is 10.9. The number of aryl methyl sites for hydroxylation is 1. The van der Waals surface area contributed by atoms with Crippen LogP contribution in [0.4, 0.5) is 11.4 Å². The van der Waals surface area contributed by atoms with Crippen molar-refractivity contribution in [2.75, 3.05) is 0 Å². The first-order valence-electron chi connectivity index (χ1n) is 5.11. The number of hydrogen-bond donors (Lipinski definition) is 3. The summed E-state index contributed by atoms with van der Waals surface area (Å²) in [4.78, 5) is 22.3. The zero-order chi connectivity index (χ0) is 13.1. The van der Waals surface area contributed by atoms with Gasteiger partial charge in [-0.1, -0.05) is 12.1 Å². The molecule has 0 radical (unpaired) electrons. The molecule has 1 aromatic carbocycles. The number of carboxylic acids is 1. The highest BCUT2D eigenvalue weighted by Crippen LogP contribution is 2.21. The second-order valence-corrected chi connectivity index (χ2v) is 3.58. The van der Waals surface area contributed by atoms with E-state index in [1.165, 1.54) is 12.1 Å². The van der Waals surface area contributed by atoms with Gasteiger partial charge in [-0.15, -0.1) is 10.2 Å². The molecule has 18 heavy (non-hydrogen) atoms. The van der Waals surface area contributed by atoms with Crippen LogP contribution in [0.25, 0.3) is 0 Å². The number of azo groups is 1. The maximum Gasteiger partial charge on any atom is 0.337 e. The predicted molar refractivity (Wildman–Crippen MR) is 63.7 cm³/mol. The van der Waals surface area contributed by atoms with Crippen LogP contribution in [0.15, 0.2) is 39.3 Å². The number of carbonyl (C=O) groups is 1. The molecule has 0 saturated carbocycles. The second kappa shape index (κ2) is 4.66. The topological polar surface area (TPSA) is 111 Å². The molecular formula is C11H10N4O3. The molecule has 0 aliphatic carbocycles. The lowest BCUT2D eigenvalue weighted by Gasteiger charge is -1.97. The molecule has 3 N–H and O–H groups in total. The fraction of sp³-hybridized carbons (Fsp3) is 0.0909. The van der Waals surface area contributed by atoms with Gasteiger partial charge in [-0.2, -0.15) is 0 Å². The maximum absolute atomic E-state index is 11.3. The number of aromatic amines is 2. The molecule has 92 valence electrons. The predicted octanol–water partition coefficient (Wildman–Crippen LogP) is 2.13. The second-order valence-electron chi connectivity index (χ2n) is 3.58. The van der Waals surface area contributed by atoms with Crippen molar-refractivity contribution in [2.45, 2.75) is 6.92 Å². The van der Waals surface area contributed by atoms with Crippen LogP contribution >= 0.6 is 0 Å². The fourth-order valence-corrected chi connectivity index (χ4v) is 1.41. The fourth-order valence-electron chi connectivity index (χ4n) is 1.41. The van der Waals surface area contributed by atoms with E-state index in [1.807, 2.05) is 0 Å². The van der Waals surface area contributed by atoms with E-state index in [0.29, 0.717) is 5.69 Å². The van der Waals surface area contributed by atoms with Crippen molar-refractivity contribution < 1.29 is 9.90 Å². The van der Waals surface area contributed by atoms with E-state index in [4.69, 9.17) is 5.11 Å². The van der Waals surface area contributed by atoms with Gasteiger partial charge in [0.15, 0.2) is 5.69 Å². The minimum absolute atomic E-state index is 0.0332. The van der Waals surface area contributed by atoms with Crippen LogP contribution in [-0.4, -0.2) is 21.3 Å². The molecule has 0 unspecified atom stereocenters. The Morgan fingerprint density at radius 1 is 1.22 bits per heavy atom. The van der Waals surface area contributed by atoms with Crippen LogP contribution in [-0.2, 0) is 0 Å². The van der Waals surface area contributed by atoms with Gasteiger partial charge in [0, 0.05) is 0 Å². The third-order valence-electron chi connectivity index (χ3n) is 2.33. The van der Waals surface area contributed by atoms with E-state index in [9.17, 15) is 9.59 Å². The third-order valence-corrected chi connectivity index (χ3v) is 2.33. The monoisotopic (exact) mass is 246 g/mol. The summed E-state index contributed by atoms with van der Waals surface area (Å²) >= 11 is 0. The van der Waals surface area contributed by atoms with Crippen molar-refractivity contribution in [1.29, 1.82) is 0 Å². The van der Waals surface area contributed by atoms with E-state index in [2.05, 4.69) is 20.4 Å². The van der Waals surface area contributed by atoms with E-state index in [1.54, 1.807) is 19.1 Å². The van der Waals surface area contributed by atoms with Gasteiger partial charge in [-0.3, -0.25) is 9.89 Å². The molecule has 0 fully saturated rings. The number of rotatable bonds is 3. The highest BCUT2D eigenvalue weighted by atomic mass is 16.4. The minimum Gasteiger partial charge on any atom is -0.478 e. The largest absolute Gasteiger partial charge is 0.478 e. The molecule has 0 atom stereocenters. The molecule has 2 rings (SSSR count). The van der Waals surface area contributed by atoms with E-state index >= 15 is 0 Å². The van der Waals surface area contributed by atoms with Gasteiger partial charge in [0.2, 0.25) is 0 Å². The van der Waals surface area contributed by atoms with Gasteiger partial charge < -0.3 is 10.2 Å². The average molecular weight is 246 g/mol. The third kappa shape index (κ3) is 2.19. The Morgan fingerprint density at radius 3 is 2.56 bits per heavy atom. The van der Waals surface area contributed by atoms with Crippen molar-refractivity contribution in [3.8, 4) is 0 Å². The Hall–Kier alpha value is -2.70. The standard InChI is InChI=1S/C11H10N4O3/c1-6-9(10(16)15-12-6)14-13-8-5-3-2-4-7(8)11(17)18/h2-5H,1H3,(H,17,18)(H2,12,15,16)/b14-13+. The summed E-state index contributed by atoms with van der Waals surface area (Å²) in [5.74, 6) is -1.09. The summed E-state index contributed by atoms with van der Waals surface area (Å²) in [7, 11) is 0. The van der Waals surface area contributed by atoms with Crippen LogP contribution < -0.4 is 5.56 Å². The molecule has 0 spiro atoms. The molecule has 7 heteroatoms. The number of hydrogen-bond acceptors (Lipinski definition) is 4. The van der Waals surface area contributed by atoms with Crippen molar-refractivity contribution in [3.05, 3.63) is 45.9 Å². The van der Waals surface area contributed by atoms with Crippen LogP contribution in [0.5, 0.6) is 0 Å². The molecule has 1 heterocycles. The smallest absolute Gasteiger partial charge is 0.337 e. The average Bonchev–Trinajstić information content (AvgIpc) is 2.67. The van der Waals surface area contributed by atoms with Gasteiger partial charge in [-0.25, -0.2) is 4.79 Å². The SMILES string of the molecule is Cc1[nH][nH]c(=O)c1/N=N/c1ccccc1C(=O)O. The van der Waals surface area contributed by atoms with Crippen LogP contribution in [0.2, 0.25) is 0 Å². The molecule has 1 aromatic heterocycles. The first kappa shape index (κ1) is 11.8.